The third kappa shape index (κ3) is 2.85. The largest absolute Gasteiger partial charge is 0.489 e. The van der Waals surface area contributed by atoms with Crippen LogP contribution < -0.4 is 4.74 Å². The number of alkyl halides is 1. The molecule has 1 nitrogen and oxygen atoms in total. The molecule has 1 aliphatic rings. The van der Waals surface area contributed by atoms with E-state index in [-0.39, 0.29) is 0 Å². The molecule has 0 unspecified atom stereocenters. The molecule has 2 rings (SSSR count). The van der Waals surface area contributed by atoms with Crippen LogP contribution in [-0.2, 0) is 5.33 Å². The first-order valence-electron chi connectivity index (χ1n) is 5.41. The second kappa shape index (κ2) is 5.61. The normalized spacial score (nSPS) is 16.7. The molecule has 0 aliphatic heterocycles. The van der Waals surface area contributed by atoms with E-state index in [0.29, 0.717) is 21.5 Å². The predicted octanol–water partition coefficient (Wildman–Crippen LogP) is 5.21. The van der Waals surface area contributed by atoms with Gasteiger partial charge in [0.05, 0.1) is 11.1 Å². The van der Waals surface area contributed by atoms with E-state index in [2.05, 4.69) is 15.9 Å². The molecule has 1 aromatic carbocycles. The van der Waals surface area contributed by atoms with Crippen molar-refractivity contribution >= 4 is 39.1 Å². The van der Waals surface area contributed by atoms with Crippen molar-refractivity contribution in [3.8, 4) is 5.75 Å². The van der Waals surface area contributed by atoms with Crippen LogP contribution in [-0.4, -0.2) is 6.10 Å². The molecule has 0 aromatic heterocycles. The van der Waals surface area contributed by atoms with Crippen molar-refractivity contribution in [2.45, 2.75) is 37.1 Å². The van der Waals surface area contributed by atoms with Crippen molar-refractivity contribution < 1.29 is 4.74 Å². The fraction of sp³-hybridized carbons (Fsp3) is 0.500. The van der Waals surface area contributed by atoms with Gasteiger partial charge in [-0.2, -0.15) is 0 Å². The highest BCUT2D eigenvalue weighted by Gasteiger charge is 2.19. The summed E-state index contributed by atoms with van der Waals surface area (Å²) >= 11 is 15.5. The molecule has 0 saturated heterocycles. The van der Waals surface area contributed by atoms with Crippen molar-refractivity contribution in [3.05, 3.63) is 27.7 Å². The highest BCUT2D eigenvalue weighted by Crippen LogP contribution is 2.36. The summed E-state index contributed by atoms with van der Waals surface area (Å²) in [5.74, 6) is 0.787. The molecule has 0 N–H and O–H groups in total. The summed E-state index contributed by atoms with van der Waals surface area (Å²) in [6.45, 7) is 0. The van der Waals surface area contributed by atoms with Gasteiger partial charge in [-0.1, -0.05) is 39.1 Å². The van der Waals surface area contributed by atoms with E-state index in [1.54, 1.807) is 6.07 Å². The van der Waals surface area contributed by atoms with Gasteiger partial charge in [0.15, 0.2) is 0 Å². The molecule has 0 spiro atoms. The molecule has 4 heteroatoms. The highest BCUT2D eigenvalue weighted by molar-refractivity contribution is 9.08. The molecule has 0 atom stereocenters. The van der Waals surface area contributed by atoms with Gasteiger partial charge >= 0.3 is 0 Å². The number of halogens is 3. The zero-order valence-corrected chi connectivity index (χ0v) is 11.9. The number of hydrogen-bond donors (Lipinski definition) is 0. The first-order valence-corrected chi connectivity index (χ1v) is 7.29. The Morgan fingerprint density at radius 1 is 1.25 bits per heavy atom. The Morgan fingerprint density at radius 3 is 2.56 bits per heavy atom. The topological polar surface area (TPSA) is 9.23 Å². The maximum Gasteiger partial charge on any atom is 0.142 e. The second-order valence-electron chi connectivity index (χ2n) is 4.03. The zero-order chi connectivity index (χ0) is 11.5. The summed E-state index contributed by atoms with van der Waals surface area (Å²) in [7, 11) is 0. The standard InChI is InChI=1S/C12H13BrCl2O/c13-7-8-5-9(14)6-11(15)12(8)16-10-3-1-2-4-10/h5-6,10H,1-4,7H2. The van der Waals surface area contributed by atoms with Gasteiger partial charge in [-0.15, -0.1) is 0 Å². The number of ether oxygens (including phenoxy) is 1. The van der Waals surface area contributed by atoms with Crippen LogP contribution in [0.1, 0.15) is 31.2 Å². The molecule has 0 radical (unpaired) electrons. The second-order valence-corrected chi connectivity index (χ2v) is 5.44. The van der Waals surface area contributed by atoms with Gasteiger partial charge in [0.1, 0.15) is 5.75 Å². The monoisotopic (exact) mass is 322 g/mol. The fourth-order valence-corrected chi connectivity index (χ4v) is 3.01. The van der Waals surface area contributed by atoms with Crippen LogP contribution in [0, 0.1) is 0 Å². The Hall–Kier alpha value is 0.0800. The van der Waals surface area contributed by atoms with Crippen molar-refractivity contribution in [1.29, 1.82) is 0 Å². The van der Waals surface area contributed by atoms with E-state index >= 15 is 0 Å². The van der Waals surface area contributed by atoms with E-state index in [0.717, 1.165) is 24.2 Å². The van der Waals surface area contributed by atoms with Gasteiger partial charge in [0.25, 0.3) is 0 Å². The van der Waals surface area contributed by atoms with Gasteiger partial charge in [-0.25, -0.2) is 0 Å². The summed E-state index contributed by atoms with van der Waals surface area (Å²) in [6.07, 6.45) is 5.07. The van der Waals surface area contributed by atoms with Gasteiger partial charge in [0, 0.05) is 15.9 Å². The van der Waals surface area contributed by atoms with Crippen molar-refractivity contribution in [2.24, 2.45) is 0 Å². The minimum Gasteiger partial charge on any atom is -0.489 e. The summed E-state index contributed by atoms with van der Waals surface area (Å²) < 4.78 is 5.96. The van der Waals surface area contributed by atoms with E-state index in [9.17, 15) is 0 Å². The summed E-state index contributed by atoms with van der Waals surface area (Å²) in [5.41, 5.74) is 1.02. The summed E-state index contributed by atoms with van der Waals surface area (Å²) in [4.78, 5) is 0. The lowest BCUT2D eigenvalue weighted by Crippen LogP contribution is -2.12. The minimum atomic E-state index is 0.316. The summed E-state index contributed by atoms with van der Waals surface area (Å²) in [6, 6.07) is 3.63. The predicted molar refractivity (Wildman–Crippen MR) is 72.0 cm³/mol. The van der Waals surface area contributed by atoms with Gasteiger partial charge in [-0.3, -0.25) is 0 Å². The number of benzene rings is 1. The van der Waals surface area contributed by atoms with Crippen molar-refractivity contribution in [3.63, 3.8) is 0 Å². The smallest absolute Gasteiger partial charge is 0.142 e. The molecule has 1 aromatic rings. The van der Waals surface area contributed by atoms with Gasteiger partial charge in [-0.05, 0) is 37.8 Å². The first-order chi connectivity index (χ1) is 7.70. The molecular formula is C12H13BrCl2O. The Balaban J connectivity index is 2.23. The lowest BCUT2D eigenvalue weighted by molar-refractivity contribution is 0.208. The van der Waals surface area contributed by atoms with Crippen LogP contribution in [0.25, 0.3) is 0 Å². The molecule has 0 heterocycles. The zero-order valence-electron chi connectivity index (χ0n) is 8.81. The molecule has 88 valence electrons. The van der Waals surface area contributed by atoms with Crippen LogP contribution in [0.5, 0.6) is 5.75 Å². The van der Waals surface area contributed by atoms with Crippen LogP contribution in [0.15, 0.2) is 12.1 Å². The first kappa shape index (κ1) is 12.5. The van der Waals surface area contributed by atoms with Crippen LogP contribution in [0.3, 0.4) is 0 Å². The molecule has 0 bridgehead atoms. The molecule has 16 heavy (non-hydrogen) atoms. The average molecular weight is 324 g/mol. The minimum absolute atomic E-state index is 0.316. The fourth-order valence-electron chi connectivity index (χ4n) is 2.02. The number of rotatable bonds is 3. The van der Waals surface area contributed by atoms with Crippen molar-refractivity contribution in [2.75, 3.05) is 0 Å². The van der Waals surface area contributed by atoms with Crippen LogP contribution in [0.4, 0.5) is 0 Å². The maximum absolute atomic E-state index is 6.16. The lowest BCUT2D eigenvalue weighted by Gasteiger charge is -2.17. The van der Waals surface area contributed by atoms with E-state index < -0.39 is 0 Å². The number of hydrogen-bond acceptors (Lipinski definition) is 1. The molecule has 1 saturated carbocycles. The highest BCUT2D eigenvalue weighted by atomic mass is 79.9. The van der Waals surface area contributed by atoms with Gasteiger partial charge < -0.3 is 4.74 Å². The quantitative estimate of drug-likeness (QED) is 0.694. The molecule has 1 aliphatic carbocycles. The van der Waals surface area contributed by atoms with E-state index in [1.165, 1.54) is 12.8 Å². The SMILES string of the molecule is Clc1cc(Cl)c(OC2CCCC2)c(CBr)c1. The van der Waals surface area contributed by atoms with Crippen LogP contribution >= 0.6 is 39.1 Å². The third-order valence-corrected chi connectivity index (χ3v) is 3.92. The average Bonchev–Trinajstić information content (AvgIpc) is 2.74. The molecule has 1 fully saturated rings. The summed E-state index contributed by atoms with van der Waals surface area (Å²) in [5, 5.41) is 1.96. The van der Waals surface area contributed by atoms with Gasteiger partial charge in [0.2, 0.25) is 0 Å². The van der Waals surface area contributed by atoms with E-state index in [4.69, 9.17) is 27.9 Å². The Bertz CT molecular complexity index is 376. The molecular weight excluding hydrogens is 311 g/mol. The van der Waals surface area contributed by atoms with Crippen molar-refractivity contribution in [1.82, 2.24) is 0 Å². The third-order valence-electron chi connectivity index (χ3n) is 2.82. The molecule has 0 amide bonds. The Morgan fingerprint density at radius 2 is 1.94 bits per heavy atom. The lowest BCUT2D eigenvalue weighted by atomic mass is 10.2. The Kier molecular flexibility index (Phi) is 4.40. The Labute approximate surface area is 114 Å². The van der Waals surface area contributed by atoms with Crippen LogP contribution in [0.2, 0.25) is 10.0 Å². The van der Waals surface area contributed by atoms with E-state index in [1.807, 2.05) is 6.07 Å². The maximum atomic E-state index is 6.16.